The van der Waals surface area contributed by atoms with E-state index in [0.717, 1.165) is 29.2 Å². The first kappa shape index (κ1) is 16.4. The van der Waals surface area contributed by atoms with Gasteiger partial charge in [0.2, 0.25) is 0 Å². The number of alkyl halides is 1. The zero-order valence-corrected chi connectivity index (χ0v) is 13.2. The van der Waals surface area contributed by atoms with E-state index in [4.69, 9.17) is 23.2 Å². The molecule has 0 radical (unpaired) electrons. The fourth-order valence-corrected chi connectivity index (χ4v) is 2.20. The van der Waals surface area contributed by atoms with E-state index in [2.05, 4.69) is 16.9 Å². The molecule has 1 atom stereocenters. The highest BCUT2D eigenvalue weighted by Gasteiger charge is 2.12. The summed E-state index contributed by atoms with van der Waals surface area (Å²) in [5, 5.41) is 0.711. The highest BCUT2D eigenvalue weighted by molar-refractivity contribution is 6.33. The summed E-state index contributed by atoms with van der Waals surface area (Å²) in [4.78, 5) is 7.92. The van der Waals surface area contributed by atoms with Gasteiger partial charge in [0.05, 0.1) is 10.7 Å². The maximum Gasteiger partial charge on any atom is 0.139 e. The van der Waals surface area contributed by atoms with Crippen molar-refractivity contribution in [3.05, 3.63) is 40.7 Å². The lowest BCUT2D eigenvalue weighted by molar-refractivity contribution is 0.642. The van der Waals surface area contributed by atoms with Crippen LogP contribution in [0.1, 0.15) is 18.3 Å². The number of hydrogen-bond acceptors (Lipinski definition) is 1. The van der Waals surface area contributed by atoms with Crippen molar-refractivity contribution in [2.75, 3.05) is 5.88 Å². The number of rotatable bonds is 4. The average molecular weight is 320 g/mol. The molecule has 104 valence electrons. The van der Waals surface area contributed by atoms with E-state index in [9.17, 15) is 0 Å². The molecule has 0 aliphatic carbocycles. The SMILES string of the molecule is Cc1[nH]c(-c2ccccc2Cl)nc1CC(C)CCl.Cl. The maximum absolute atomic E-state index is 6.17. The van der Waals surface area contributed by atoms with Gasteiger partial charge >= 0.3 is 0 Å². The van der Waals surface area contributed by atoms with Gasteiger partial charge in [-0.15, -0.1) is 24.0 Å². The van der Waals surface area contributed by atoms with Crippen molar-refractivity contribution < 1.29 is 0 Å². The fraction of sp³-hybridized carbons (Fsp3) is 0.357. The van der Waals surface area contributed by atoms with Gasteiger partial charge in [0.1, 0.15) is 5.82 Å². The molecule has 0 bridgehead atoms. The first-order valence-electron chi connectivity index (χ1n) is 5.98. The minimum Gasteiger partial charge on any atom is -0.342 e. The van der Waals surface area contributed by atoms with Gasteiger partial charge in [-0.1, -0.05) is 30.7 Å². The second-order valence-electron chi connectivity index (χ2n) is 4.60. The first-order chi connectivity index (χ1) is 8.61. The van der Waals surface area contributed by atoms with Gasteiger partial charge < -0.3 is 4.98 Å². The van der Waals surface area contributed by atoms with Gasteiger partial charge in [0.15, 0.2) is 0 Å². The molecule has 0 amide bonds. The summed E-state index contributed by atoms with van der Waals surface area (Å²) in [6.45, 7) is 4.15. The molecule has 0 aliphatic rings. The molecule has 1 aromatic heterocycles. The number of aromatic nitrogens is 2. The lowest BCUT2D eigenvalue weighted by atomic mass is 10.1. The van der Waals surface area contributed by atoms with Gasteiger partial charge in [0, 0.05) is 17.1 Å². The van der Waals surface area contributed by atoms with Crippen molar-refractivity contribution in [2.24, 2.45) is 5.92 Å². The Morgan fingerprint density at radius 2 is 2.00 bits per heavy atom. The Bertz CT molecular complexity index is 537. The Kier molecular flexibility index (Phi) is 6.18. The molecule has 5 heteroatoms. The predicted octanol–water partition coefficient (Wildman–Crippen LogP) is 4.88. The van der Waals surface area contributed by atoms with E-state index in [1.54, 1.807) is 0 Å². The number of aromatic amines is 1. The van der Waals surface area contributed by atoms with Crippen LogP contribution in [-0.4, -0.2) is 15.8 Å². The Balaban J connectivity index is 0.00000180. The molecular formula is C14H17Cl3N2. The number of hydrogen-bond donors (Lipinski definition) is 1. The van der Waals surface area contributed by atoms with E-state index < -0.39 is 0 Å². The number of nitrogens with one attached hydrogen (secondary N) is 1. The van der Waals surface area contributed by atoms with Crippen LogP contribution in [0.3, 0.4) is 0 Å². The molecule has 0 fully saturated rings. The van der Waals surface area contributed by atoms with Gasteiger partial charge in [-0.25, -0.2) is 4.98 Å². The van der Waals surface area contributed by atoms with Crippen LogP contribution in [0.4, 0.5) is 0 Å². The minimum absolute atomic E-state index is 0. The Morgan fingerprint density at radius 3 is 2.63 bits per heavy atom. The van der Waals surface area contributed by atoms with Crippen molar-refractivity contribution in [3.63, 3.8) is 0 Å². The summed E-state index contributed by atoms with van der Waals surface area (Å²) >= 11 is 12.0. The summed E-state index contributed by atoms with van der Waals surface area (Å²) in [6.07, 6.45) is 0.885. The van der Waals surface area contributed by atoms with Gasteiger partial charge in [-0.05, 0) is 31.4 Å². The summed E-state index contributed by atoms with van der Waals surface area (Å²) in [5.41, 5.74) is 3.09. The molecule has 1 aromatic carbocycles. The van der Waals surface area contributed by atoms with E-state index >= 15 is 0 Å². The largest absolute Gasteiger partial charge is 0.342 e. The second-order valence-corrected chi connectivity index (χ2v) is 5.32. The third-order valence-corrected chi connectivity index (χ3v) is 3.78. The van der Waals surface area contributed by atoms with Crippen LogP contribution in [0.5, 0.6) is 0 Å². The molecule has 19 heavy (non-hydrogen) atoms. The zero-order chi connectivity index (χ0) is 13.1. The summed E-state index contributed by atoms with van der Waals surface area (Å²) < 4.78 is 0. The monoisotopic (exact) mass is 318 g/mol. The maximum atomic E-state index is 6.17. The fourth-order valence-electron chi connectivity index (χ4n) is 1.86. The highest BCUT2D eigenvalue weighted by Crippen LogP contribution is 2.26. The van der Waals surface area contributed by atoms with Crippen molar-refractivity contribution in [3.8, 4) is 11.4 Å². The molecule has 1 heterocycles. The Labute approximate surface area is 130 Å². The molecule has 0 saturated carbocycles. The standard InChI is InChI=1S/C14H16Cl2N2.ClH/c1-9(8-15)7-13-10(2)17-14(18-13)11-5-3-4-6-12(11)16;/h3-6,9H,7-8H2,1-2H3,(H,17,18);1H. The normalized spacial score (nSPS) is 12.0. The van der Waals surface area contributed by atoms with Crippen LogP contribution >= 0.6 is 35.6 Å². The molecule has 0 spiro atoms. The number of H-pyrrole nitrogens is 1. The molecule has 0 aliphatic heterocycles. The first-order valence-corrected chi connectivity index (χ1v) is 6.89. The minimum atomic E-state index is 0. The quantitative estimate of drug-likeness (QED) is 0.800. The van der Waals surface area contributed by atoms with E-state index in [0.29, 0.717) is 16.8 Å². The van der Waals surface area contributed by atoms with Gasteiger partial charge in [0.25, 0.3) is 0 Å². The number of imidazole rings is 1. The topological polar surface area (TPSA) is 28.7 Å². The molecule has 2 rings (SSSR count). The predicted molar refractivity (Wildman–Crippen MR) is 84.6 cm³/mol. The van der Waals surface area contributed by atoms with Crippen molar-refractivity contribution >= 4 is 35.6 Å². The number of benzene rings is 1. The lowest BCUT2D eigenvalue weighted by Gasteiger charge is -2.04. The highest BCUT2D eigenvalue weighted by atomic mass is 35.5. The van der Waals surface area contributed by atoms with Gasteiger partial charge in [-0.2, -0.15) is 0 Å². The van der Waals surface area contributed by atoms with Crippen LogP contribution in [0.15, 0.2) is 24.3 Å². The summed E-state index contributed by atoms with van der Waals surface area (Å²) in [5.74, 6) is 1.90. The number of aryl methyl sites for hydroxylation is 1. The van der Waals surface area contributed by atoms with E-state index in [1.165, 1.54) is 0 Å². The van der Waals surface area contributed by atoms with Crippen molar-refractivity contribution in [1.82, 2.24) is 9.97 Å². The van der Waals surface area contributed by atoms with Crippen LogP contribution < -0.4 is 0 Å². The Morgan fingerprint density at radius 1 is 1.32 bits per heavy atom. The molecule has 1 N–H and O–H groups in total. The molecule has 1 unspecified atom stereocenters. The van der Waals surface area contributed by atoms with Gasteiger partial charge in [-0.3, -0.25) is 0 Å². The van der Waals surface area contributed by atoms with Crippen molar-refractivity contribution in [2.45, 2.75) is 20.3 Å². The molecular weight excluding hydrogens is 303 g/mol. The van der Waals surface area contributed by atoms with E-state index in [1.807, 2.05) is 31.2 Å². The summed E-state index contributed by atoms with van der Waals surface area (Å²) in [7, 11) is 0. The molecule has 0 saturated heterocycles. The van der Waals surface area contributed by atoms with Crippen LogP contribution in [-0.2, 0) is 6.42 Å². The Hall–Kier alpha value is -0.700. The third kappa shape index (κ3) is 3.88. The number of nitrogens with zero attached hydrogens (tertiary/aromatic N) is 1. The van der Waals surface area contributed by atoms with Crippen LogP contribution in [0.25, 0.3) is 11.4 Å². The zero-order valence-electron chi connectivity index (χ0n) is 10.9. The van der Waals surface area contributed by atoms with E-state index in [-0.39, 0.29) is 12.4 Å². The number of halogens is 3. The average Bonchev–Trinajstić information content (AvgIpc) is 2.71. The second kappa shape index (κ2) is 7.18. The van der Waals surface area contributed by atoms with Crippen LogP contribution in [0, 0.1) is 12.8 Å². The van der Waals surface area contributed by atoms with Crippen molar-refractivity contribution in [1.29, 1.82) is 0 Å². The molecule has 2 aromatic rings. The lowest BCUT2D eigenvalue weighted by Crippen LogP contribution is -2.02. The van der Waals surface area contributed by atoms with Crippen LogP contribution in [0.2, 0.25) is 5.02 Å². The third-order valence-electron chi connectivity index (χ3n) is 2.92. The summed E-state index contributed by atoms with van der Waals surface area (Å²) in [6, 6.07) is 7.71. The molecule has 2 nitrogen and oxygen atoms in total. The smallest absolute Gasteiger partial charge is 0.139 e.